The van der Waals surface area contributed by atoms with Gasteiger partial charge in [0.05, 0.1) is 5.56 Å². The SMILES string of the molecule is CCCn1c(CO)nnc1-c1cc(C(F)(F)F)ccc1Br. The van der Waals surface area contributed by atoms with Crippen molar-refractivity contribution in [2.45, 2.75) is 32.7 Å². The fourth-order valence-corrected chi connectivity index (χ4v) is 2.41. The van der Waals surface area contributed by atoms with E-state index in [0.717, 1.165) is 18.6 Å². The fraction of sp³-hybridized carbons (Fsp3) is 0.385. The smallest absolute Gasteiger partial charge is 0.388 e. The first kappa shape index (κ1) is 16.0. The standard InChI is InChI=1S/C13H13BrF3N3O/c1-2-5-20-11(7-21)18-19-12(20)9-6-8(13(15,16)17)3-4-10(9)14/h3-4,6,21H,2,5,7H2,1H3. The summed E-state index contributed by atoms with van der Waals surface area (Å²) in [5.41, 5.74) is -0.456. The van der Waals surface area contributed by atoms with Gasteiger partial charge in [-0.15, -0.1) is 10.2 Å². The molecular weight excluding hydrogens is 351 g/mol. The molecule has 1 aromatic carbocycles. The van der Waals surface area contributed by atoms with Crippen molar-refractivity contribution < 1.29 is 18.3 Å². The summed E-state index contributed by atoms with van der Waals surface area (Å²) in [6, 6.07) is 3.37. The first-order valence-electron chi connectivity index (χ1n) is 6.28. The van der Waals surface area contributed by atoms with Crippen LogP contribution in [0, 0.1) is 0 Å². The molecule has 1 aromatic heterocycles. The maximum absolute atomic E-state index is 12.8. The average molecular weight is 364 g/mol. The van der Waals surface area contributed by atoms with Crippen molar-refractivity contribution in [3.05, 3.63) is 34.1 Å². The topological polar surface area (TPSA) is 50.9 Å². The molecule has 0 saturated carbocycles. The van der Waals surface area contributed by atoms with Crippen molar-refractivity contribution in [3.63, 3.8) is 0 Å². The van der Waals surface area contributed by atoms with Crippen LogP contribution in [0.5, 0.6) is 0 Å². The second kappa shape index (κ2) is 6.15. The Morgan fingerprint density at radius 2 is 2.00 bits per heavy atom. The van der Waals surface area contributed by atoms with Gasteiger partial charge in [-0.25, -0.2) is 0 Å². The minimum Gasteiger partial charge on any atom is -0.388 e. The van der Waals surface area contributed by atoms with E-state index in [1.54, 1.807) is 4.57 Å². The molecule has 2 rings (SSSR count). The van der Waals surface area contributed by atoms with Crippen LogP contribution in [0.15, 0.2) is 22.7 Å². The Balaban J connectivity index is 2.58. The van der Waals surface area contributed by atoms with Crippen molar-refractivity contribution in [2.24, 2.45) is 0 Å². The van der Waals surface area contributed by atoms with Gasteiger partial charge in [-0.3, -0.25) is 0 Å². The quantitative estimate of drug-likeness (QED) is 0.902. The van der Waals surface area contributed by atoms with Gasteiger partial charge in [-0.1, -0.05) is 22.9 Å². The van der Waals surface area contributed by atoms with Gasteiger partial charge in [-0.05, 0) is 24.6 Å². The molecule has 8 heteroatoms. The largest absolute Gasteiger partial charge is 0.416 e. The molecule has 0 aliphatic carbocycles. The second-order valence-electron chi connectivity index (χ2n) is 4.44. The third-order valence-electron chi connectivity index (χ3n) is 2.95. The molecule has 0 spiro atoms. The lowest BCUT2D eigenvalue weighted by Crippen LogP contribution is -2.08. The molecule has 0 fully saturated rings. The van der Waals surface area contributed by atoms with Gasteiger partial charge < -0.3 is 9.67 Å². The molecule has 0 saturated heterocycles. The summed E-state index contributed by atoms with van der Waals surface area (Å²) < 4.78 is 40.6. The summed E-state index contributed by atoms with van der Waals surface area (Å²) >= 11 is 3.24. The summed E-state index contributed by atoms with van der Waals surface area (Å²) in [4.78, 5) is 0. The summed E-state index contributed by atoms with van der Waals surface area (Å²) in [5.74, 6) is 0.634. The predicted octanol–water partition coefficient (Wildman–Crippen LogP) is 3.63. The molecule has 0 bridgehead atoms. The van der Waals surface area contributed by atoms with E-state index >= 15 is 0 Å². The number of nitrogens with zero attached hydrogens (tertiary/aromatic N) is 3. The molecule has 21 heavy (non-hydrogen) atoms. The van der Waals surface area contributed by atoms with Crippen LogP contribution in [0.3, 0.4) is 0 Å². The van der Waals surface area contributed by atoms with Crippen molar-refractivity contribution in [1.29, 1.82) is 0 Å². The molecule has 0 amide bonds. The van der Waals surface area contributed by atoms with Crippen molar-refractivity contribution >= 4 is 15.9 Å². The maximum Gasteiger partial charge on any atom is 0.416 e. The van der Waals surface area contributed by atoms with E-state index in [2.05, 4.69) is 26.1 Å². The number of alkyl halides is 3. The van der Waals surface area contributed by atoms with Gasteiger partial charge >= 0.3 is 6.18 Å². The van der Waals surface area contributed by atoms with Gasteiger partial charge in [0.2, 0.25) is 0 Å². The molecule has 4 nitrogen and oxygen atoms in total. The summed E-state index contributed by atoms with van der Waals surface area (Å²) in [6.45, 7) is 2.12. The summed E-state index contributed by atoms with van der Waals surface area (Å²) in [5, 5.41) is 17.0. The number of aliphatic hydroxyl groups is 1. The molecular formula is C13H13BrF3N3O. The maximum atomic E-state index is 12.8. The van der Waals surface area contributed by atoms with Crippen LogP contribution in [-0.4, -0.2) is 19.9 Å². The average Bonchev–Trinajstić information content (AvgIpc) is 2.81. The lowest BCUT2D eigenvalue weighted by Gasteiger charge is -2.12. The monoisotopic (exact) mass is 363 g/mol. The van der Waals surface area contributed by atoms with E-state index in [0.29, 0.717) is 28.2 Å². The number of rotatable bonds is 4. The Morgan fingerprint density at radius 1 is 1.29 bits per heavy atom. The Hall–Kier alpha value is -1.41. The van der Waals surface area contributed by atoms with E-state index < -0.39 is 11.7 Å². The number of halogens is 4. The molecule has 114 valence electrons. The molecule has 2 aromatic rings. The van der Waals surface area contributed by atoms with Gasteiger partial charge in [0, 0.05) is 16.6 Å². The normalized spacial score (nSPS) is 11.9. The van der Waals surface area contributed by atoms with Crippen molar-refractivity contribution in [3.8, 4) is 11.4 Å². The number of aliphatic hydroxyl groups excluding tert-OH is 1. The zero-order valence-electron chi connectivity index (χ0n) is 11.2. The van der Waals surface area contributed by atoms with Gasteiger partial charge in [0.25, 0.3) is 0 Å². The highest BCUT2D eigenvalue weighted by atomic mass is 79.9. The highest BCUT2D eigenvalue weighted by Gasteiger charge is 2.31. The molecule has 0 aliphatic heterocycles. The third kappa shape index (κ3) is 3.26. The van der Waals surface area contributed by atoms with Crippen molar-refractivity contribution in [2.75, 3.05) is 0 Å². The van der Waals surface area contributed by atoms with Gasteiger partial charge in [0.1, 0.15) is 6.61 Å². The molecule has 0 aliphatic rings. The Kier molecular flexibility index (Phi) is 4.67. The summed E-state index contributed by atoms with van der Waals surface area (Å²) in [6.07, 6.45) is -3.68. The van der Waals surface area contributed by atoms with Crippen LogP contribution in [0.25, 0.3) is 11.4 Å². The molecule has 0 unspecified atom stereocenters. The first-order valence-corrected chi connectivity index (χ1v) is 7.07. The zero-order valence-corrected chi connectivity index (χ0v) is 12.7. The van der Waals surface area contributed by atoms with Crippen LogP contribution in [0.2, 0.25) is 0 Å². The molecule has 1 N–H and O–H groups in total. The Bertz CT molecular complexity index is 640. The van der Waals surface area contributed by atoms with E-state index in [-0.39, 0.29) is 6.61 Å². The second-order valence-corrected chi connectivity index (χ2v) is 5.30. The van der Waals surface area contributed by atoms with E-state index in [1.807, 2.05) is 6.92 Å². The minimum atomic E-state index is -4.43. The Labute approximate surface area is 127 Å². The Morgan fingerprint density at radius 3 is 2.57 bits per heavy atom. The van der Waals surface area contributed by atoms with Gasteiger partial charge in [-0.2, -0.15) is 13.2 Å². The van der Waals surface area contributed by atoms with Crippen LogP contribution < -0.4 is 0 Å². The number of benzene rings is 1. The summed E-state index contributed by atoms with van der Waals surface area (Å²) in [7, 11) is 0. The first-order chi connectivity index (χ1) is 9.88. The van der Waals surface area contributed by atoms with Crippen molar-refractivity contribution in [1.82, 2.24) is 14.8 Å². The molecule has 0 radical (unpaired) electrons. The predicted molar refractivity (Wildman–Crippen MR) is 74.4 cm³/mol. The van der Waals surface area contributed by atoms with Gasteiger partial charge in [0.15, 0.2) is 11.6 Å². The lowest BCUT2D eigenvalue weighted by atomic mass is 10.1. The van der Waals surface area contributed by atoms with Crippen LogP contribution >= 0.6 is 15.9 Å². The lowest BCUT2D eigenvalue weighted by molar-refractivity contribution is -0.137. The van der Waals surface area contributed by atoms with E-state index in [9.17, 15) is 18.3 Å². The third-order valence-corrected chi connectivity index (χ3v) is 3.64. The van der Waals surface area contributed by atoms with Crippen LogP contribution in [-0.2, 0) is 19.3 Å². The number of hydrogen-bond acceptors (Lipinski definition) is 3. The highest BCUT2D eigenvalue weighted by Crippen LogP contribution is 2.35. The van der Waals surface area contributed by atoms with Crippen LogP contribution in [0.4, 0.5) is 13.2 Å². The molecule has 1 heterocycles. The number of aromatic nitrogens is 3. The van der Waals surface area contributed by atoms with Crippen LogP contribution in [0.1, 0.15) is 24.7 Å². The fourth-order valence-electron chi connectivity index (χ4n) is 1.98. The highest BCUT2D eigenvalue weighted by molar-refractivity contribution is 9.10. The zero-order chi connectivity index (χ0) is 15.6. The van der Waals surface area contributed by atoms with E-state index in [4.69, 9.17) is 0 Å². The number of hydrogen-bond donors (Lipinski definition) is 1. The minimum absolute atomic E-state index is 0.297. The van der Waals surface area contributed by atoms with E-state index in [1.165, 1.54) is 6.07 Å². The molecule has 0 atom stereocenters.